The third kappa shape index (κ3) is 2.82. The van der Waals surface area contributed by atoms with Crippen molar-refractivity contribution in [2.75, 3.05) is 7.05 Å². The van der Waals surface area contributed by atoms with Crippen LogP contribution in [0.4, 0.5) is 0 Å². The molecule has 0 aromatic carbocycles. The predicted octanol–water partition coefficient (Wildman–Crippen LogP) is 4.05. The molecule has 0 spiro atoms. The van der Waals surface area contributed by atoms with Crippen LogP contribution in [0.1, 0.15) is 23.7 Å². The van der Waals surface area contributed by atoms with Crippen LogP contribution in [0.2, 0.25) is 0 Å². The Morgan fingerprint density at radius 3 is 2.70 bits per heavy atom. The minimum atomic E-state index is 0.0957. The van der Waals surface area contributed by atoms with Crippen LogP contribution in [0, 0.1) is 0 Å². The van der Waals surface area contributed by atoms with E-state index in [1.54, 1.807) is 22.7 Å². The zero-order chi connectivity index (χ0) is 13.9. The third-order valence-electron chi connectivity index (χ3n) is 3.18. The first-order valence-electron chi connectivity index (χ1n) is 6.34. The van der Waals surface area contributed by atoms with Gasteiger partial charge in [-0.05, 0) is 36.9 Å². The summed E-state index contributed by atoms with van der Waals surface area (Å²) in [5.74, 6) is 1.26. The van der Waals surface area contributed by atoms with Crippen LogP contribution in [0.15, 0.2) is 39.4 Å². The zero-order valence-corrected chi connectivity index (χ0v) is 12.9. The molecule has 0 N–H and O–H groups in total. The summed E-state index contributed by atoms with van der Waals surface area (Å²) in [6, 6.07) is 8.27. The fourth-order valence-corrected chi connectivity index (χ4v) is 3.29. The summed E-state index contributed by atoms with van der Waals surface area (Å²) in [6.45, 7) is 2.97. The van der Waals surface area contributed by atoms with Crippen molar-refractivity contribution in [2.45, 2.75) is 19.5 Å². The van der Waals surface area contributed by atoms with Gasteiger partial charge in [-0.25, -0.2) is 0 Å². The Labute approximate surface area is 125 Å². The van der Waals surface area contributed by atoms with Crippen LogP contribution >= 0.6 is 22.7 Å². The topological polar surface area (TPSA) is 42.2 Å². The van der Waals surface area contributed by atoms with Crippen molar-refractivity contribution in [2.24, 2.45) is 0 Å². The Kier molecular flexibility index (Phi) is 3.95. The van der Waals surface area contributed by atoms with Gasteiger partial charge in [0.2, 0.25) is 5.89 Å². The summed E-state index contributed by atoms with van der Waals surface area (Å²) in [5, 5.41) is 12.4. The molecule has 6 heteroatoms. The number of aromatic nitrogens is 2. The molecule has 3 aromatic heterocycles. The van der Waals surface area contributed by atoms with E-state index < -0.39 is 0 Å². The van der Waals surface area contributed by atoms with Gasteiger partial charge >= 0.3 is 0 Å². The molecular formula is C14H15N3OS2. The Hall–Kier alpha value is -1.50. The number of thiophene rings is 2. The first kappa shape index (κ1) is 13.5. The highest BCUT2D eigenvalue weighted by atomic mass is 32.1. The molecule has 0 radical (unpaired) electrons. The second kappa shape index (κ2) is 5.87. The molecule has 0 saturated carbocycles. The van der Waals surface area contributed by atoms with Gasteiger partial charge in [0.25, 0.3) is 5.89 Å². The van der Waals surface area contributed by atoms with Crippen molar-refractivity contribution in [3.05, 3.63) is 45.8 Å². The van der Waals surface area contributed by atoms with Crippen LogP contribution in [-0.4, -0.2) is 22.1 Å². The summed E-state index contributed by atoms with van der Waals surface area (Å²) < 4.78 is 5.78. The summed E-state index contributed by atoms with van der Waals surface area (Å²) in [7, 11) is 2.07. The zero-order valence-electron chi connectivity index (χ0n) is 11.3. The highest BCUT2D eigenvalue weighted by molar-refractivity contribution is 7.13. The van der Waals surface area contributed by atoms with Gasteiger partial charge in [0.1, 0.15) is 0 Å². The monoisotopic (exact) mass is 305 g/mol. The standard InChI is InChI=1S/C14H15N3OS2/c1-10(17(2)9-11-5-3-7-19-11)13-15-16-14(18-13)12-6-4-8-20-12/h3-8,10H,9H2,1-2H3/t10-/m0/s1. The van der Waals surface area contributed by atoms with Crippen molar-refractivity contribution in [1.29, 1.82) is 0 Å². The number of nitrogens with zero attached hydrogens (tertiary/aromatic N) is 3. The molecule has 0 aliphatic carbocycles. The Morgan fingerprint density at radius 1 is 1.20 bits per heavy atom. The van der Waals surface area contributed by atoms with Crippen molar-refractivity contribution < 1.29 is 4.42 Å². The smallest absolute Gasteiger partial charge is 0.257 e. The van der Waals surface area contributed by atoms with E-state index in [0.717, 1.165) is 11.4 Å². The van der Waals surface area contributed by atoms with Gasteiger partial charge < -0.3 is 4.42 Å². The van der Waals surface area contributed by atoms with Crippen LogP contribution in [0.25, 0.3) is 10.8 Å². The first-order chi connectivity index (χ1) is 9.74. The minimum absolute atomic E-state index is 0.0957. The average molecular weight is 305 g/mol. The Bertz CT molecular complexity index is 646. The molecule has 3 heterocycles. The Morgan fingerprint density at radius 2 is 2.00 bits per heavy atom. The van der Waals surface area contributed by atoms with E-state index in [9.17, 15) is 0 Å². The summed E-state index contributed by atoms with van der Waals surface area (Å²) in [6.07, 6.45) is 0. The van der Waals surface area contributed by atoms with Gasteiger partial charge in [-0.3, -0.25) is 4.90 Å². The fourth-order valence-electron chi connectivity index (χ4n) is 1.88. The number of hydrogen-bond donors (Lipinski definition) is 0. The molecule has 3 aromatic rings. The molecule has 4 nitrogen and oxygen atoms in total. The lowest BCUT2D eigenvalue weighted by Crippen LogP contribution is -2.21. The Balaban J connectivity index is 1.72. The fraction of sp³-hybridized carbons (Fsp3) is 0.286. The molecule has 0 aliphatic rings. The molecule has 0 amide bonds. The summed E-state index contributed by atoms with van der Waals surface area (Å²) >= 11 is 3.37. The van der Waals surface area contributed by atoms with Gasteiger partial charge in [0.05, 0.1) is 10.9 Å². The SMILES string of the molecule is C[C@@H](c1nnc(-c2cccs2)o1)N(C)Cc1cccs1. The van der Waals surface area contributed by atoms with E-state index in [2.05, 4.69) is 46.6 Å². The lowest BCUT2D eigenvalue weighted by atomic mass is 10.3. The molecule has 0 aliphatic heterocycles. The van der Waals surface area contributed by atoms with E-state index >= 15 is 0 Å². The molecule has 104 valence electrons. The van der Waals surface area contributed by atoms with Crippen LogP contribution in [0.3, 0.4) is 0 Å². The van der Waals surface area contributed by atoms with Crippen LogP contribution in [0.5, 0.6) is 0 Å². The van der Waals surface area contributed by atoms with Crippen molar-refractivity contribution in [3.8, 4) is 10.8 Å². The van der Waals surface area contributed by atoms with E-state index in [1.807, 2.05) is 17.5 Å². The largest absolute Gasteiger partial charge is 0.418 e. The van der Waals surface area contributed by atoms with Gasteiger partial charge in [0, 0.05) is 11.4 Å². The van der Waals surface area contributed by atoms with E-state index in [4.69, 9.17) is 4.42 Å². The maximum Gasteiger partial charge on any atom is 0.257 e. The number of rotatable bonds is 5. The quantitative estimate of drug-likeness (QED) is 0.713. The number of hydrogen-bond acceptors (Lipinski definition) is 6. The molecule has 20 heavy (non-hydrogen) atoms. The van der Waals surface area contributed by atoms with E-state index in [1.165, 1.54) is 4.88 Å². The lowest BCUT2D eigenvalue weighted by Gasteiger charge is -2.20. The highest BCUT2D eigenvalue weighted by Gasteiger charge is 2.19. The normalized spacial score (nSPS) is 12.9. The molecule has 1 atom stereocenters. The van der Waals surface area contributed by atoms with Crippen molar-refractivity contribution in [1.82, 2.24) is 15.1 Å². The van der Waals surface area contributed by atoms with Gasteiger partial charge in [-0.2, -0.15) is 0 Å². The third-order valence-corrected chi connectivity index (χ3v) is 4.90. The molecule has 3 rings (SSSR count). The van der Waals surface area contributed by atoms with Gasteiger partial charge in [0.15, 0.2) is 0 Å². The molecular weight excluding hydrogens is 290 g/mol. The van der Waals surface area contributed by atoms with Crippen LogP contribution in [-0.2, 0) is 6.54 Å². The van der Waals surface area contributed by atoms with Gasteiger partial charge in [-0.15, -0.1) is 32.9 Å². The highest BCUT2D eigenvalue weighted by Crippen LogP contribution is 2.27. The summed E-state index contributed by atoms with van der Waals surface area (Å²) in [5.41, 5.74) is 0. The second-order valence-electron chi connectivity index (χ2n) is 4.59. The maximum atomic E-state index is 5.78. The molecule has 0 bridgehead atoms. The van der Waals surface area contributed by atoms with Gasteiger partial charge in [-0.1, -0.05) is 12.1 Å². The van der Waals surface area contributed by atoms with E-state index in [0.29, 0.717) is 11.8 Å². The van der Waals surface area contributed by atoms with Crippen LogP contribution < -0.4 is 0 Å². The van der Waals surface area contributed by atoms with Crippen molar-refractivity contribution in [3.63, 3.8) is 0 Å². The maximum absolute atomic E-state index is 5.78. The summed E-state index contributed by atoms with van der Waals surface area (Å²) in [4.78, 5) is 4.55. The first-order valence-corrected chi connectivity index (χ1v) is 8.10. The predicted molar refractivity (Wildman–Crippen MR) is 81.8 cm³/mol. The molecule has 0 saturated heterocycles. The lowest BCUT2D eigenvalue weighted by molar-refractivity contribution is 0.220. The molecule has 0 unspecified atom stereocenters. The molecule has 0 fully saturated rings. The van der Waals surface area contributed by atoms with E-state index in [-0.39, 0.29) is 6.04 Å². The minimum Gasteiger partial charge on any atom is -0.418 e. The van der Waals surface area contributed by atoms with Crippen molar-refractivity contribution >= 4 is 22.7 Å². The average Bonchev–Trinajstić information content (AvgIpc) is 3.18. The second-order valence-corrected chi connectivity index (χ2v) is 6.57.